The van der Waals surface area contributed by atoms with E-state index in [4.69, 9.17) is 5.73 Å². The minimum absolute atomic E-state index is 0.165. The van der Waals surface area contributed by atoms with E-state index < -0.39 is 0 Å². The molecule has 0 bridgehead atoms. The number of rotatable bonds is 2. The average Bonchev–Trinajstić information content (AvgIpc) is 2.45. The topological polar surface area (TPSA) is 68.0 Å². The molecule has 0 aliphatic heterocycles. The molecule has 106 valence electrons. The largest absolute Gasteiger partial charge is 0.320 e. The van der Waals surface area contributed by atoms with Gasteiger partial charge in [0.05, 0.1) is 6.54 Å². The third-order valence-electron chi connectivity index (χ3n) is 3.02. The number of carbonyl (C=O) groups is 1. The Morgan fingerprint density at radius 1 is 1.19 bits per heavy atom. The van der Waals surface area contributed by atoms with Gasteiger partial charge in [0.1, 0.15) is 11.5 Å². The number of anilines is 1. The van der Waals surface area contributed by atoms with E-state index in [0.29, 0.717) is 17.1 Å². The summed E-state index contributed by atoms with van der Waals surface area (Å²) in [7, 11) is 0. The van der Waals surface area contributed by atoms with Crippen molar-refractivity contribution in [2.75, 3.05) is 11.9 Å². The zero-order chi connectivity index (χ0) is 15.2. The summed E-state index contributed by atoms with van der Waals surface area (Å²) in [5.74, 6) is 5.89. The lowest BCUT2D eigenvalue weighted by Crippen LogP contribution is -2.16. The Kier molecular flexibility index (Phi) is 4.70. The monoisotopic (exact) mass is 279 g/mol. The molecule has 0 aliphatic carbocycles. The molecule has 2 rings (SSSR count). The van der Waals surface area contributed by atoms with Crippen LogP contribution in [0.15, 0.2) is 36.4 Å². The lowest BCUT2D eigenvalue weighted by molar-refractivity contribution is 0.102. The number of amides is 1. The lowest BCUT2D eigenvalue weighted by Gasteiger charge is -2.10. The van der Waals surface area contributed by atoms with Gasteiger partial charge in [0, 0.05) is 5.56 Å². The molecule has 0 spiro atoms. The molecule has 21 heavy (non-hydrogen) atoms. The van der Waals surface area contributed by atoms with E-state index in [2.05, 4.69) is 22.1 Å². The Balaban J connectivity index is 2.24. The Hall–Kier alpha value is -2.64. The lowest BCUT2D eigenvalue weighted by atomic mass is 10.0. The van der Waals surface area contributed by atoms with Gasteiger partial charge in [-0.15, -0.1) is 0 Å². The van der Waals surface area contributed by atoms with Gasteiger partial charge in [0.2, 0.25) is 0 Å². The zero-order valence-electron chi connectivity index (χ0n) is 12.1. The molecule has 3 N–H and O–H groups in total. The van der Waals surface area contributed by atoms with E-state index in [1.165, 1.54) is 0 Å². The van der Waals surface area contributed by atoms with Gasteiger partial charge in [-0.3, -0.25) is 4.79 Å². The third kappa shape index (κ3) is 3.68. The van der Waals surface area contributed by atoms with Crippen LogP contribution in [0.2, 0.25) is 0 Å². The molecular formula is C17H17N3O. The van der Waals surface area contributed by atoms with Crippen LogP contribution in [0.5, 0.6) is 0 Å². The van der Waals surface area contributed by atoms with Crippen LogP contribution in [-0.2, 0) is 0 Å². The highest BCUT2D eigenvalue weighted by Crippen LogP contribution is 2.15. The average molecular weight is 279 g/mol. The number of aromatic nitrogens is 1. The van der Waals surface area contributed by atoms with Gasteiger partial charge in [0.25, 0.3) is 5.91 Å². The number of hydrogen-bond donors (Lipinski definition) is 2. The normalized spacial score (nSPS) is 9.67. The van der Waals surface area contributed by atoms with Gasteiger partial charge < -0.3 is 11.1 Å². The first-order valence-electron chi connectivity index (χ1n) is 6.65. The van der Waals surface area contributed by atoms with E-state index in [1.54, 1.807) is 18.2 Å². The van der Waals surface area contributed by atoms with Crippen molar-refractivity contribution in [2.45, 2.75) is 13.8 Å². The highest BCUT2D eigenvalue weighted by atomic mass is 16.1. The molecule has 1 aromatic carbocycles. The minimum atomic E-state index is -0.165. The number of nitrogens with two attached hydrogens (primary N) is 1. The summed E-state index contributed by atoms with van der Waals surface area (Å²) in [6, 6.07) is 11.1. The van der Waals surface area contributed by atoms with E-state index in [9.17, 15) is 4.79 Å². The van der Waals surface area contributed by atoms with E-state index in [1.807, 2.05) is 32.0 Å². The van der Waals surface area contributed by atoms with Crippen molar-refractivity contribution in [2.24, 2.45) is 5.73 Å². The first-order valence-corrected chi connectivity index (χ1v) is 6.65. The molecule has 2 aromatic rings. The van der Waals surface area contributed by atoms with Crippen LogP contribution in [0, 0.1) is 25.7 Å². The number of pyridine rings is 1. The fourth-order valence-corrected chi connectivity index (χ4v) is 2.07. The second-order valence-corrected chi connectivity index (χ2v) is 4.63. The summed E-state index contributed by atoms with van der Waals surface area (Å²) in [6.07, 6.45) is 0. The standard InChI is InChI=1S/C17H17N3O/c1-12-6-3-7-13(2)16(12)17(21)20-15-10-4-8-14(19-15)9-5-11-18/h3-4,6-8,10H,11,18H2,1-2H3,(H,19,20,21). The van der Waals surface area contributed by atoms with Crippen molar-refractivity contribution in [1.82, 2.24) is 4.98 Å². The Morgan fingerprint density at radius 3 is 2.52 bits per heavy atom. The number of nitrogens with zero attached hydrogens (tertiary/aromatic N) is 1. The molecule has 0 saturated heterocycles. The molecular weight excluding hydrogens is 262 g/mol. The molecule has 1 heterocycles. The maximum atomic E-state index is 12.4. The summed E-state index contributed by atoms with van der Waals surface area (Å²) >= 11 is 0. The second kappa shape index (κ2) is 6.69. The van der Waals surface area contributed by atoms with Crippen molar-refractivity contribution < 1.29 is 4.79 Å². The van der Waals surface area contributed by atoms with Crippen LogP contribution in [0.3, 0.4) is 0 Å². The zero-order valence-corrected chi connectivity index (χ0v) is 12.1. The van der Waals surface area contributed by atoms with Gasteiger partial charge in [-0.2, -0.15) is 0 Å². The first kappa shape index (κ1) is 14.8. The fraction of sp³-hybridized carbons (Fsp3) is 0.176. The molecule has 1 amide bonds. The van der Waals surface area contributed by atoms with Crippen molar-refractivity contribution in [3.8, 4) is 11.8 Å². The number of benzene rings is 1. The molecule has 0 aliphatic rings. The van der Waals surface area contributed by atoms with Crippen LogP contribution in [0.1, 0.15) is 27.2 Å². The van der Waals surface area contributed by atoms with Crippen LogP contribution in [-0.4, -0.2) is 17.4 Å². The summed E-state index contributed by atoms with van der Waals surface area (Å²) in [5.41, 5.74) is 8.47. The highest BCUT2D eigenvalue weighted by Gasteiger charge is 2.12. The van der Waals surface area contributed by atoms with Gasteiger partial charge in [0.15, 0.2) is 0 Å². The Morgan fingerprint density at radius 2 is 1.86 bits per heavy atom. The third-order valence-corrected chi connectivity index (χ3v) is 3.02. The van der Waals surface area contributed by atoms with Crippen molar-refractivity contribution >= 4 is 11.7 Å². The smallest absolute Gasteiger partial charge is 0.257 e. The maximum absolute atomic E-state index is 12.4. The fourth-order valence-electron chi connectivity index (χ4n) is 2.07. The van der Waals surface area contributed by atoms with Crippen molar-refractivity contribution in [1.29, 1.82) is 0 Å². The maximum Gasteiger partial charge on any atom is 0.257 e. The van der Waals surface area contributed by atoms with Crippen LogP contribution < -0.4 is 11.1 Å². The van der Waals surface area contributed by atoms with E-state index >= 15 is 0 Å². The number of hydrogen-bond acceptors (Lipinski definition) is 3. The number of aryl methyl sites for hydroxylation is 2. The van der Waals surface area contributed by atoms with Crippen LogP contribution in [0.25, 0.3) is 0 Å². The molecule has 1 aromatic heterocycles. The summed E-state index contributed by atoms with van der Waals surface area (Å²) in [4.78, 5) is 16.6. The van der Waals surface area contributed by atoms with Crippen LogP contribution in [0.4, 0.5) is 5.82 Å². The van der Waals surface area contributed by atoms with Gasteiger partial charge in [-0.25, -0.2) is 4.98 Å². The van der Waals surface area contributed by atoms with Crippen LogP contribution >= 0.6 is 0 Å². The number of nitrogens with one attached hydrogen (secondary N) is 1. The molecule has 0 unspecified atom stereocenters. The summed E-state index contributed by atoms with van der Waals surface area (Å²) in [6.45, 7) is 4.11. The van der Waals surface area contributed by atoms with Gasteiger partial charge in [-0.1, -0.05) is 30.2 Å². The Labute approximate surface area is 124 Å². The molecule has 4 heteroatoms. The quantitative estimate of drug-likeness (QED) is 0.829. The molecule has 4 nitrogen and oxygen atoms in total. The van der Waals surface area contributed by atoms with Gasteiger partial charge in [-0.05, 0) is 43.0 Å². The van der Waals surface area contributed by atoms with Gasteiger partial charge >= 0.3 is 0 Å². The summed E-state index contributed by atoms with van der Waals surface area (Å²) in [5, 5.41) is 2.81. The molecule has 0 fully saturated rings. The predicted octanol–water partition coefficient (Wildman–Crippen LogP) is 2.26. The molecule has 0 saturated carbocycles. The molecule has 0 atom stereocenters. The highest BCUT2D eigenvalue weighted by molar-refractivity contribution is 6.05. The Bertz CT molecular complexity index is 706. The van der Waals surface area contributed by atoms with E-state index in [0.717, 1.165) is 11.1 Å². The second-order valence-electron chi connectivity index (χ2n) is 4.63. The molecule has 0 radical (unpaired) electrons. The minimum Gasteiger partial charge on any atom is -0.320 e. The predicted molar refractivity (Wildman–Crippen MR) is 84.0 cm³/mol. The van der Waals surface area contributed by atoms with Crippen molar-refractivity contribution in [3.63, 3.8) is 0 Å². The SMILES string of the molecule is Cc1cccc(C)c1C(=O)Nc1cccc(C#CCN)n1. The van der Waals surface area contributed by atoms with E-state index in [-0.39, 0.29) is 12.5 Å². The van der Waals surface area contributed by atoms with Crippen molar-refractivity contribution in [3.05, 3.63) is 58.8 Å². The first-order chi connectivity index (χ1) is 10.1. The number of carbonyl (C=O) groups excluding carboxylic acids is 1. The summed E-state index contributed by atoms with van der Waals surface area (Å²) < 4.78 is 0.